The van der Waals surface area contributed by atoms with Crippen molar-refractivity contribution in [3.05, 3.63) is 33.9 Å². The van der Waals surface area contributed by atoms with Crippen LogP contribution in [0.3, 0.4) is 0 Å². The quantitative estimate of drug-likeness (QED) is 0.630. The van der Waals surface area contributed by atoms with Crippen molar-refractivity contribution < 1.29 is 19.5 Å². The number of rotatable bonds is 6. The third kappa shape index (κ3) is 3.65. The first-order valence-corrected chi connectivity index (χ1v) is 6.33. The van der Waals surface area contributed by atoms with Crippen molar-refractivity contribution >= 4 is 5.69 Å². The Morgan fingerprint density at radius 2 is 2.37 bits per heavy atom. The Morgan fingerprint density at radius 1 is 1.53 bits per heavy atom. The van der Waals surface area contributed by atoms with Gasteiger partial charge in [-0.25, -0.2) is 0 Å². The van der Waals surface area contributed by atoms with Gasteiger partial charge in [-0.15, -0.1) is 0 Å². The number of nitro groups is 1. The molecule has 6 nitrogen and oxygen atoms in total. The Balaban J connectivity index is 1.98. The summed E-state index contributed by atoms with van der Waals surface area (Å²) in [5.74, 6) is 0.203. The van der Waals surface area contributed by atoms with Crippen molar-refractivity contribution in [3.8, 4) is 5.75 Å². The Labute approximate surface area is 111 Å². The fraction of sp³-hybridized carbons (Fsp3) is 0.538. The van der Waals surface area contributed by atoms with E-state index in [1.807, 2.05) is 0 Å². The van der Waals surface area contributed by atoms with Crippen molar-refractivity contribution in [3.63, 3.8) is 0 Å². The third-order valence-electron chi connectivity index (χ3n) is 3.12. The molecule has 0 bridgehead atoms. The molecule has 1 unspecified atom stereocenters. The zero-order valence-corrected chi connectivity index (χ0v) is 10.6. The summed E-state index contributed by atoms with van der Waals surface area (Å²) in [4.78, 5) is 10.4. The van der Waals surface area contributed by atoms with Gasteiger partial charge in [-0.2, -0.15) is 0 Å². The van der Waals surface area contributed by atoms with Gasteiger partial charge in [0.2, 0.25) is 0 Å². The lowest BCUT2D eigenvalue weighted by Crippen LogP contribution is -2.11. The van der Waals surface area contributed by atoms with Gasteiger partial charge < -0.3 is 14.6 Å². The van der Waals surface area contributed by atoms with Gasteiger partial charge in [-0.1, -0.05) is 0 Å². The smallest absolute Gasteiger partial charge is 0.310 e. The van der Waals surface area contributed by atoms with Crippen LogP contribution in [0.15, 0.2) is 18.2 Å². The number of benzene rings is 1. The molecule has 1 aliphatic rings. The standard InChI is InChI=1S/C13H17NO5/c15-9-10-3-4-12(14(16)17)13(8-10)19-7-5-11-2-1-6-18-11/h3-4,8,11,15H,1-2,5-7,9H2. The fourth-order valence-electron chi connectivity index (χ4n) is 2.10. The highest BCUT2D eigenvalue weighted by atomic mass is 16.6. The van der Waals surface area contributed by atoms with E-state index in [0.717, 1.165) is 25.9 Å². The maximum atomic E-state index is 10.9. The molecule has 1 fully saturated rings. The van der Waals surface area contributed by atoms with Gasteiger partial charge in [0.1, 0.15) is 0 Å². The van der Waals surface area contributed by atoms with Crippen molar-refractivity contribution in [2.45, 2.75) is 32.0 Å². The number of hydrogen-bond acceptors (Lipinski definition) is 5. The van der Waals surface area contributed by atoms with Gasteiger partial charge in [0.15, 0.2) is 5.75 Å². The summed E-state index contributed by atoms with van der Waals surface area (Å²) >= 11 is 0. The first-order chi connectivity index (χ1) is 9.20. The molecule has 1 aromatic carbocycles. The molecule has 1 atom stereocenters. The minimum absolute atomic E-state index is 0.0791. The molecule has 0 amide bonds. The van der Waals surface area contributed by atoms with Gasteiger partial charge in [0, 0.05) is 19.1 Å². The van der Waals surface area contributed by atoms with E-state index in [9.17, 15) is 10.1 Å². The van der Waals surface area contributed by atoms with Crippen molar-refractivity contribution in [2.24, 2.45) is 0 Å². The van der Waals surface area contributed by atoms with Crippen LogP contribution in [0.2, 0.25) is 0 Å². The number of aliphatic hydroxyl groups excluding tert-OH is 1. The van der Waals surface area contributed by atoms with E-state index >= 15 is 0 Å². The van der Waals surface area contributed by atoms with Crippen LogP contribution in [0.1, 0.15) is 24.8 Å². The lowest BCUT2D eigenvalue weighted by molar-refractivity contribution is -0.385. The van der Waals surface area contributed by atoms with Crippen LogP contribution < -0.4 is 4.74 Å². The van der Waals surface area contributed by atoms with Crippen LogP contribution >= 0.6 is 0 Å². The zero-order valence-electron chi connectivity index (χ0n) is 10.6. The lowest BCUT2D eigenvalue weighted by atomic mass is 10.2. The van der Waals surface area contributed by atoms with Crippen LogP contribution in [-0.4, -0.2) is 29.3 Å². The molecule has 1 saturated heterocycles. The average Bonchev–Trinajstić information content (AvgIpc) is 2.91. The molecule has 0 spiro atoms. The fourth-order valence-corrected chi connectivity index (χ4v) is 2.10. The monoisotopic (exact) mass is 267 g/mol. The van der Waals surface area contributed by atoms with Crippen molar-refractivity contribution in [2.75, 3.05) is 13.2 Å². The van der Waals surface area contributed by atoms with Gasteiger partial charge >= 0.3 is 5.69 Å². The highest BCUT2D eigenvalue weighted by Crippen LogP contribution is 2.28. The predicted octanol–water partition coefficient (Wildman–Crippen LogP) is 2.04. The Bertz CT molecular complexity index is 443. The van der Waals surface area contributed by atoms with Gasteiger partial charge in [-0.3, -0.25) is 10.1 Å². The number of ether oxygens (including phenoxy) is 2. The molecule has 0 radical (unpaired) electrons. The molecule has 1 N–H and O–H groups in total. The first-order valence-electron chi connectivity index (χ1n) is 6.33. The molecule has 6 heteroatoms. The second-order valence-corrected chi connectivity index (χ2v) is 4.49. The zero-order chi connectivity index (χ0) is 13.7. The molecule has 1 heterocycles. The highest BCUT2D eigenvalue weighted by Gasteiger charge is 2.18. The van der Waals surface area contributed by atoms with E-state index in [-0.39, 0.29) is 24.1 Å². The largest absolute Gasteiger partial charge is 0.487 e. The Kier molecular flexibility index (Phi) is 4.70. The van der Waals surface area contributed by atoms with E-state index < -0.39 is 4.92 Å². The van der Waals surface area contributed by atoms with E-state index in [1.54, 1.807) is 0 Å². The number of hydrogen-bond donors (Lipinski definition) is 1. The summed E-state index contributed by atoms with van der Waals surface area (Å²) in [7, 11) is 0. The van der Waals surface area contributed by atoms with Crippen LogP contribution in [-0.2, 0) is 11.3 Å². The molecule has 1 aliphatic heterocycles. The summed E-state index contributed by atoms with van der Waals surface area (Å²) in [5.41, 5.74) is 0.516. The van der Waals surface area contributed by atoms with Crippen molar-refractivity contribution in [1.29, 1.82) is 0 Å². The van der Waals surface area contributed by atoms with Gasteiger partial charge in [-0.05, 0) is 30.5 Å². The van der Waals surface area contributed by atoms with Crippen LogP contribution in [0, 0.1) is 10.1 Å². The van der Waals surface area contributed by atoms with Crippen LogP contribution in [0.25, 0.3) is 0 Å². The minimum atomic E-state index is -0.484. The summed E-state index contributed by atoms with van der Waals surface area (Å²) in [6, 6.07) is 4.38. The highest BCUT2D eigenvalue weighted by molar-refractivity contribution is 5.48. The Morgan fingerprint density at radius 3 is 3.00 bits per heavy atom. The van der Waals surface area contributed by atoms with E-state index in [2.05, 4.69) is 0 Å². The first kappa shape index (κ1) is 13.8. The van der Waals surface area contributed by atoms with Gasteiger partial charge in [0.05, 0.1) is 24.2 Å². The second-order valence-electron chi connectivity index (χ2n) is 4.49. The van der Waals surface area contributed by atoms with Gasteiger partial charge in [0.25, 0.3) is 0 Å². The lowest BCUT2D eigenvalue weighted by Gasteiger charge is -2.11. The second kappa shape index (κ2) is 6.49. The van der Waals surface area contributed by atoms with Crippen LogP contribution in [0.4, 0.5) is 5.69 Å². The molecular weight excluding hydrogens is 250 g/mol. The molecule has 19 heavy (non-hydrogen) atoms. The number of nitrogens with zero attached hydrogens (tertiary/aromatic N) is 1. The average molecular weight is 267 g/mol. The molecule has 0 aromatic heterocycles. The Hall–Kier alpha value is -1.66. The number of aliphatic hydroxyl groups is 1. The summed E-state index contributed by atoms with van der Waals surface area (Å²) in [6.45, 7) is 0.991. The summed E-state index contributed by atoms with van der Waals surface area (Å²) in [6.07, 6.45) is 2.99. The van der Waals surface area contributed by atoms with Crippen LogP contribution in [0.5, 0.6) is 5.75 Å². The maximum absolute atomic E-state index is 10.9. The van der Waals surface area contributed by atoms with E-state index in [0.29, 0.717) is 12.2 Å². The minimum Gasteiger partial charge on any atom is -0.487 e. The van der Waals surface area contributed by atoms with E-state index in [1.165, 1.54) is 18.2 Å². The predicted molar refractivity (Wildman–Crippen MR) is 68.1 cm³/mol. The molecule has 2 rings (SSSR count). The SMILES string of the molecule is O=[N+]([O-])c1ccc(CO)cc1OCCC1CCCO1. The molecule has 0 aliphatic carbocycles. The maximum Gasteiger partial charge on any atom is 0.310 e. The molecular formula is C13H17NO5. The molecule has 0 saturated carbocycles. The summed E-state index contributed by atoms with van der Waals surface area (Å²) in [5, 5.41) is 19.9. The third-order valence-corrected chi connectivity index (χ3v) is 3.12. The van der Waals surface area contributed by atoms with E-state index in [4.69, 9.17) is 14.6 Å². The normalized spacial score (nSPS) is 18.5. The topological polar surface area (TPSA) is 81.8 Å². The van der Waals surface area contributed by atoms with Crippen molar-refractivity contribution in [1.82, 2.24) is 0 Å². The summed E-state index contributed by atoms with van der Waals surface area (Å²) < 4.78 is 10.9. The molecule has 1 aromatic rings. The number of nitro benzene ring substituents is 1. The molecule has 104 valence electrons.